The zero-order valence-corrected chi connectivity index (χ0v) is 16.6. The first-order valence-electron chi connectivity index (χ1n) is 8.41. The Bertz CT molecular complexity index is 721. The molecule has 2 aromatic carbocycles. The average Bonchev–Trinajstić information content (AvgIpc) is 2.62. The number of hydrogen-bond acceptors (Lipinski definition) is 4. The highest BCUT2D eigenvalue weighted by atomic mass is 35.5. The first kappa shape index (κ1) is 20.6. The molecule has 0 aliphatic rings. The second kappa shape index (κ2) is 10.5. The Morgan fingerprint density at radius 3 is 2.65 bits per heavy atom. The minimum Gasteiger partial charge on any atom is -0.489 e. The molecule has 140 valence electrons. The van der Waals surface area contributed by atoms with Crippen molar-refractivity contribution in [1.82, 2.24) is 5.32 Å². The van der Waals surface area contributed by atoms with E-state index >= 15 is 0 Å². The Labute approximate surface area is 163 Å². The Kier molecular flexibility index (Phi) is 8.29. The molecule has 0 amide bonds. The molecule has 2 N–H and O–H groups in total. The van der Waals surface area contributed by atoms with Crippen molar-refractivity contribution in [3.8, 4) is 5.75 Å². The number of carboxylic acids is 1. The van der Waals surface area contributed by atoms with E-state index in [1.165, 1.54) is 5.56 Å². The van der Waals surface area contributed by atoms with Crippen LogP contribution < -0.4 is 10.1 Å². The highest BCUT2D eigenvalue weighted by Gasteiger charge is 2.17. The van der Waals surface area contributed by atoms with Crippen molar-refractivity contribution in [3.05, 3.63) is 64.2 Å². The van der Waals surface area contributed by atoms with Crippen LogP contribution in [-0.4, -0.2) is 29.1 Å². The van der Waals surface area contributed by atoms with Crippen LogP contribution in [0.2, 0.25) is 5.02 Å². The highest BCUT2D eigenvalue weighted by molar-refractivity contribution is 7.98. The van der Waals surface area contributed by atoms with Crippen molar-refractivity contribution in [2.45, 2.75) is 32.5 Å². The minimum atomic E-state index is -0.844. The van der Waals surface area contributed by atoms with Crippen LogP contribution in [0, 0.1) is 6.92 Å². The van der Waals surface area contributed by atoms with Crippen molar-refractivity contribution in [2.75, 3.05) is 12.0 Å². The summed E-state index contributed by atoms with van der Waals surface area (Å²) in [6.07, 6.45) is 2.53. The molecule has 0 spiro atoms. The third kappa shape index (κ3) is 6.56. The monoisotopic (exact) mass is 393 g/mol. The zero-order valence-electron chi connectivity index (χ0n) is 15.0. The number of hydrogen-bond donors (Lipinski definition) is 2. The number of ether oxygens (including phenoxy) is 1. The fourth-order valence-corrected chi connectivity index (χ4v) is 3.12. The number of benzene rings is 2. The summed E-state index contributed by atoms with van der Waals surface area (Å²) in [4.78, 5) is 11.4. The molecule has 0 bridgehead atoms. The second-order valence-electron chi connectivity index (χ2n) is 6.08. The molecule has 6 heteroatoms. The molecule has 0 aliphatic heterocycles. The van der Waals surface area contributed by atoms with E-state index < -0.39 is 12.0 Å². The molecule has 0 aliphatic carbocycles. The zero-order chi connectivity index (χ0) is 18.9. The molecular formula is C20H24ClNO3S. The number of carboxylic acid groups (broad SMARTS) is 1. The van der Waals surface area contributed by atoms with Gasteiger partial charge >= 0.3 is 5.97 Å². The quantitative estimate of drug-likeness (QED) is 0.621. The fraction of sp³-hybridized carbons (Fsp3) is 0.350. The third-order valence-electron chi connectivity index (χ3n) is 3.99. The number of thioether (sulfide) groups is 1. The van der Waals surface area contributed by atoms with Crippen LogP contribution in [0.3, 0.4) is 0 Å². The van der Waals surface area contributed by atoms with Gasteiger partial charge in [-0.15, -0.1) is 0 Å². The predicted octanol–water partition coefficient (Wildman–Crippen LogP) is 4.52. The van der Waals surface area contributed by atoms with E-state index in [2.05, 4.69) is 5.32 Å². The van der Waals surface area contributed by atoms with Gasteiger partial charge in [-0.05, 0) is 49.1 Å². The third-order valence-corrected chi connectivity index (χ3v) is 4.86. The van der Waals surface area contributed by atoms with E-state index in [-0.39, 0.29) is 0 Å². The van der Waals surface area contributed by atoms with E-state index in [9.17, 15) is 9.90 Å². The lowest BCUT2D eigenvalue weighted by atomic mass is 10.1. The van der Waals surface area contributed by atoms with E-state index in [0.29, 0.717) is 30.3 Å². The van der Waals surface area contributed by atoms with Crippen LogP contribution in [0.5, 0.6) is 5.75 Å². The van der Waals surface area contributed by atoms with Crippen LogP contribution in [0.25, 0.3) is 0 Å². The molecule has 0 radical (unpaired) electrons. The molecular weight excluding hydrogens is 370 g/mol. The van der Waals surface area contributed by atoms with E-state index in [1.54, 1.807) is 17.8 Å². The van der Waals surface area contributed by atoms with Crippen molar-refractivity contribution in [3.63, 3.8) is 0 Å². The summed E-state index contributed by atoms with van der Waals surface area (Å²) >= 11 is 7.74. The number of aryl methyl sites for hydroxylation is 1. The number of carbonyl (C=O) groups is 1. The molecule has 4 nitrogen and oxygen atoms in total. The number of rotatable bonds is 10. The Morgan fingerprint density at radius 2 is 2.00 bits per heavy atom. The lowest BCUT2D eigenvalue weighted by molar-refractivity contribution is -0.139. The van der Waals surface area contributed by atoms with Crippen LogP contribution in [-0.2, 0) is 17.9 Å². The van der Waals surface area contributed by atoms with Crippen LogP contribution in [0.15, 0.2) is 42.5 Å². The Balaban J connectivity index is 2.03. The van der Waals surface area contributed by atoms with Crippen molar-refractivity contribution < 1.29 is 14.6 Å². The van der Waals surface area contributed by atoms with Gasteiger partial charge in [-0.25, -0.2) is 0 Å². The predicted molar refractivity (Wildman–Crippen MR) is 108 cm³/mol. The standard InChI is InChI=1S/C20H24ClNO3S/c1-14-3-5-15(6-4-14)13-25-19-8-7-17(21)11-16(19)12-22-18(20(23)24)9-10-26-2/h3-8,11,18,22H,9-10,12-13H2,1-2H3,(H,23,24). The van der Waals surface area contributed by atoms with Crippen molar-refractivity contribution >= 4 is 29.3 Å². The van der Waals surface area contributed by atoms with Gasteiger partial charge in [0.25, 0.3) is 0 Å². The van der Waals surface area contributed by atoms with E-state index in [4.69, 9.17) is 16.3 Å². The molecule has 0 fully saturated rings. The van der Waals surface area contributed by atoms with Gasteiger partial charge < -0.3 is 15.2 Å². The maximum Gasteiger partial charge on any atom is 0.320 e. The summed E-state index contributed by atoms with van der Waals surface area (Å²) in [6.45, 7) is 2.88. The summed E-state index contributed by atoms with van der Waals surface area (Å²) in [7, 11) is 0. The first-order valence-corrected chi connectivity index (χ1v) is 10.2. The lowest BCUT2D eigenvalue weighted by Crippen LogP contribution is -2.36. The van der Waals surface area contributed by atoms with Gasteiger partial charge in [-0.3, -0.25) is 4.79 Å². The normalized spacial score (nSPS) is 12.0. The van der Waals surface area contributed by atoms with Crippen molar-refractivity contribution in [2.24, 2.45) is 0 Å². The summed E-state index contributed by atoms with van der Waals surface area (Å²) in [5, 5.41) is 13.0. The number of aliphatic carboxylic acids is 1. The fourth-order valence-electron chi connectivity index (χ4n) is 2.45. The Morgan fingerprint density at radius 1 is 1.27 bits per heavy atom. The van der Waals surface area contributed by atoms with Gasteiger partial charge in [-0.2, -0.15) is 11.8 Å². The van der Waals surface area contributed by atoms with Crippen LogP contribution >= 0.6 is 23.4 Å². The molecule has 2 aromatic rings. The van der Waals surface area contributed by atoms with Gasteiger partial charge in [0.15, 0.2) is 0 Å². The van der Waals surface area contributed by atoms with E-state index in [1.807, 2.05) is 49.6 Å². The summed E-state index contributed by atoms with van der Waals surface area (Å²) < 4.78 is 5.94. The number of halogens is 1. The minimum absolute atomic E-state index is 0.384. The van der Waals surface area contributed by atoms with Crippen molar-refractivity contribution in [1.29, 1.82) is 0 Å². The first-order chi connectivity index (χ1) is 12.5. The van der Waals surface area contributed by atoms with Crippen LogP contribution in [0.1, 0.15) is 23.1 Å². The molecule has 26 heavy (non-hydrogen) atoms. The molecule has 2 rings (SSSR count). The largest absolute Gasteiger partial charge is 0.489 e. The summed E-state index contributed by atoms with van der Waals surface area (Å²) in [5.41, 5.74) is 3.13. The SMILES string of the molecule is CSCCC(NCc1cc(Cl)ccc1OCc1ccc(C)cc1)C(=O)O. The van der Waals surface area contributed by atoms with Gasteiger partial charge in [0.2, 0.25) is 0 Å². The van der Waals surface area contributed by atoms with Gasteiger partial charge in [-0.1, -0.05) is 41.4 Å². The molecule has 0 saturated carbocycles. The van der Waals surface area contributed by atoms with Gasteiger partial charge in [0.1, 0.15) is 18.4 Å². The van der Waals surface area contributed by atoms with Gasteiger partial charge in [0.05, 0.1) is 0 Å². The highest BCUT2D eigenvalue weighted by Crippen LogP contribution is 2.24. The van der Waals surface area contributed by atoms with Crippen LogP contribution in [0.4, 0.5) is 0 Å². The Hall–Kier alpha value is -1.69. The molecule has 1 unspecified atom stereocenters. The number of nitrogens with one attached hydrogen (secondary N) is 1. The van der Waals surface area contributed by atoms with Gasteiger partial charge in [0, 0.05) is 17.1 Å². The smallest absolute Gasteiger partial charge is 0.320 e. The maximum absolute atomic E-state index is 11.4. The van der Waals surface area contributed by atoms with E-state index in [0.717, 1.165) is 16.9 Å². The lowest BCUT2D eigenvalue weighted by Gasteiger charge is -2.17. The average molecular weight is 394 g/mol. The summed E-state index contributed by atoms with van der Waals surface area (Å²) in [6, 6.07) is 13.0. The topological polar surface area (TPSA) is 58.6 Å². The second-order valence-corrected chi connectivity index (χ2v) is 7.50. The molecule has 1 atom stereocenters. The molecule has 0 heterocycles. The molecule has 0 aromatic heterocycles. The summed E-state index contributed by atoms with van der Waals surface area (Å²) in [5.74, 6) is 0.649. The molecule has 0 saturated heterocycles. The maximum atomic E-state index is 11.4.